The van der Waals surface area contributed by atoms with E-state index in [-0.39, 0.29) is 17.2 Å². The first kappa shape index (κ1) is 17.6. The minimum absolute atomic E-state index is 0.106. The molecule has 0 spiro atoms. The second-order valence-electron chi connectivity index (χ2n) is 7.78. The maximum Gasteiger partial charge on any atom is 0.245 e. The zero-order chi connectivity index (χ0) is 17.6. The number of alkyl halides is 1. The summed E-state index contributed by atoms with van der Waals surface area (Å²) in [5.74, 6) is -1.44. The molecule has 134 valence electrons. The second-order valence-corrected chi connectivity index (χ2v) is 10.2. The van der Waals surface area contributed by atoms with Gasteiger partial charge in [0.1, 0.15) is 5.67 Å². The fourth-order valence-corrected chi connectivity index (χ4v) is 7.46. The molecule has 0 saturated heterocycles. The number of primary amides is 1. The molecule has 6 heteroatoms. The highest BCUT2D eigenvalue weighted by molar-refractivity contribution is 7.92. The Kier molecular flexibility index (Phi) is 4.39. The predicted molar refractivity (Wildman–Crippen MR) is 91.7 cm³/mol. The van der Waals surface area contributed by atoms with Crippen LogP contribution in [0.2, 0.25) is 0 Å². The molecule has 2 unspecified atom stereocenters. The fourth-order valence-electron chi connectivity index (χ4n) is 4.55. The van der Waals surface area contributed by atoms with E-state index in [1.807, 2.05) is 0 Å². The van der Waals surface area contributed by atoms with Crippen molar-refractivity contribution in [3.05, 3.63) is 23.8 Å². The zero-order valence-electron chi connectivity index (χ0n) is 14.1. The van der Waals surface area contributed by atoms with Gasteiger partial charge in [0.15, 0.2) is 9.84 Å². The smallest absolute Gasteiger partial charge is 0.245 e. The van der Waals surface area contributed by atoms with Crippen LogP contribution >= 0.6 is 0 Å². The van der Waals surface area contributed by atoms with Gasteiger partial charge in [-0.15, -0.1) is 0 Å². The third kappa shape index (κ3) is 2.93. The summed E-state index contributed by atoms with van der Waals surface area (Å²) in [5.41, 5.74) is 3.72. The third-order valence-electron chi connectivity index (χ3n) is 5.86. The van der Waals surface area contributed by atoms with Crippen LogP contribution in [0.25, 0.3) is 0 Å². The zero-order valence-corrected chi connectivity index (χ0v) is 14.9. The molecule has 0 radical (unpaired) electrons. The highest BCUT2D eigenvalue weighted by atomic mass is 32.2. The Morgan fingerprint density at radius 1 is 1.29 bits per heavy atom. The standard InChI is InChI=1S/C18H26FNO3S/c1-17(19)9-5-6-14(16(20)21)15(17)18(10-3-2-4-11-18)24(22,23)12-13-7-8-13/h5-6,9,13,15H,2-4,7-8,10-12H2,1H3,(H2,20,21). The molecule has 2 N–H and O–H groups in total. The molecule has 2 fully saturated rings. The van der Waals surface area contributed by atoms with Crippen LogP contribution < -0.4 is 5.73 Å². The van der Waals surface area contributed by atoms with Crippen molar-refractivity contribution in [1.29, 1.82) is 0 Å². The Bertz CT molecular complexity index is 683. The average molecular weight is 355 g/mol. The van der Waals surface area contributed by atoms with Gasteiger partial charge in [-0.1, -0.05) is 31.4 Å². The van der Waals surface area contributed by atoms with E-state index in [0.717, 1.165) is 32.1 Å². The molecular formula is C18H26FNO3S. The van der Waals surface area contributed by atoms with Gasteiger partial charge < -0.3 is 5.73 Å². The summed E-state index contributed by atoms with van der Waals surface area (Å²) in [5, 5.41) is 0. The number of carbonyl (C=O) groups is 1. The SMILES string of the molecule is CC1(F)C=CC=C(C(N)=O)C1C1(S(=O)(=O)CC2CC2)CCCCC1. The van der Waals surface area contributed by atoms with Crippen LogP contribution in [-0.4, -0.2) is 30.5 Å². The lowest BCUT2D eigenvalue weighted by Crippen LogP contribution is -2.57. The molecule has 0 aromatic carbocycles. The third-order valence-corrected chi connectivity index (χ3v) is 8.65. The minimum atomic E-state index is -3.54. The van der Waals surface area contributed by atoms with Crippen LogP contribution in [0.3, 0.4) is 0 Å². The Labute approximate surface area is 143 Å². The van der Waals surface area contributed by atoms with Gasteiger partial charge in [-0.05, 0) is 44.6 Å². The van der Waals surface area contributed by atoms with E-state index < -0.39 is 32.1 Å². The van der Waals surface area contributed by atoms with E-state index in [1.165, 1.54) is 25.2 Å². The van der Waals surface area contributed by atoms with Gasteiger partial charge >= 0.3 is 0 Å². The highest BCUT2D eigenvalue weighted by Crippen LogP contribution is 2.52. The van der Waals surface area contributed by atoms with Crippen molar-refractivity contribution < 1.29 is 17.6 Å². The molecule has 3 aliphatic rings. The van der Waals surface area contributed by atoms with Gasteiger partial charge in [0.05, 0.1) is 10.5 Å². The number of hydrogen-bond acceptors (Lipinski definition) is 3. The molecule has 0 aromatic rings. The maximum absolute atomic E-state index is 15.5. The van der Waals surface area contributed by atoms with E-state index in [4.69, 9.17) is 5.73 Å². The molecule has 2 atom stereocenters. The van der Waals surface area contributed by atoms with Crippen molar-refractivity contribution in [3.8, 4) is 0 Å². The molecule has 0 heterocycles. The van der Waals surface area contributed by atoms with Crippen LogP contribution in [0.4, 0.5) is 4.39 Å². The van der Waals surface area contributed by atoms with Gasteiger partial charge in [-0.25, -0.2) is 12.8 Å². The van der Waals surface area contributed by atoms with Gasteiger partial charge in [-0.2, -0.15) is 0 Å². The van der Waals surface area contributed by atoms with Crippen molar-refractivity contribution in [1.82, 2.24) is 0 Å². The van der Waals surface area contributed by atoms with Crippen LogP contribution in [0, 0.1) is 11.8 Å². The Hall–Kier alpha value is -1.17. The number of hydrogen-bond donors (Lipinski definition) is 1. The van der Waals surface area contributed by atoms with Crippen LogP contribution in [-0.2, 0) is 14.6 Å². The monoisotopic (exact) mass is 355 g/mol. The first-order chi connectivity index (χ1) is 11.2. The number of carbonyl (C=O) groups excluding carboxylic acids is 1. The topological polar surface area (TPSA) is 77.2 Å². The summed E-state index contributed by atoms with van der Waals surface area (Å²) in [6.45, 7) is 1.37. The number of amides is 1. The number of nitrogens with two attached hydrogens (primary N) is 1. The van der Waals surface area contributed by atoms with Crippen molar-refractivity contribution >= 4 is 15.7 Å². The second kappa shape index (κ2) is 5.97. The van der Waals surface area contributed by atoms with Gasteiger partial charge in [0, 0.05) is 11.5 Å². The number of rotatable bonds is 5. The van der Waals surface area contributed by atoms with E-state index in [9.17, 15) is 13.2 Å². The lowest BCUT2D eigenvalue weighted by atomic mass is 9.67. The van der Waals surface area contributed by atoms with E-state index in [0.29, 0.717) is 12.8 Å². The van der Waals surface area contributed by atoms with E-state index >= 15 is 4.39 Å². The molecule has 0 aromatic heterocycles. The van der Waals surface area contributed by atoms with Crippen LogP contribution in [0.5, 0.6) is 0 Å². The Balaban J connectivity index is 2.11. The largest absolute Gasteiger partial charge is 0.366 e. The lowest BCUT2D eigenvalue weighted by Gasteiger charge is -2.48. The first-order valence-corrected chi connectivity index (χ1v) is 10.5. The molecule has 3 aliphatic carbocycles. The molecule has 0 aliphatic heterocycles. The Morgan fingerprint density at radius 2 is 1.92 bits per heavy atom. The number of halogens is 1. The molecule has 1 amide bonds. The maximum atomic E-state index is 15.5. The molecular weight excluding hydrogens is 329 g/mol. The van der Waals surface area contributed by atoms with Crippen molar-refractivity contribution in [3.63, 3.8) is 0 Å². The lowest BCUT2D eigenvalue weighted by molar-refractivity contribution is -0.115. The molecule has 4 nitrogen and oxygen atoms in total. The summed E-state index contributed by atoms with van der Waals surface area (Å²) in [6, 6.07) is 0. The molecule has 24 heavy (non-hydrogen) atoms. The van der Waals surface area contributed by atoms with Crippen molar-refractivity contribution in [2.24, 2.45) is 17.6 Å². The summed E-state index contributed by atoms with van der Waals surface area (Å²) in [4.78, 5) is 12.0. The van der Waals surface area contributed by atoms with Crippen molar-refractivity contribution in [2.45, 2.75) is 62.3 Å². The normalized spacial score (nSPS) is 33.1. The van der Waals surface area contributed by atoms with Gasteiger partial charge in [0.25, 0.3) is 0 Å². The Morgan fingerprint density at radius 3 is 2.46 bits per heavy atom. The minimum Gasteiger partial charge on any atom is -0.366 e. The van der Waals surface area contributed by atoms with Crippen LogP contribution in [0.15, 0.2) is 23.8 Å². The van der Waals surface area contributed by atoms with Gasteiger partial charge in [-0.3, -0.25) is 4.79 Å². The number of allylic oxidation sites excluding steroid dienone is 3. The van der Waals surface area contributed by atoms with Crippen LogP contribution in [0.1, 0.15) is 51.9 Å². The summed E-state index contributed by atoms with van der Waals surface area (Å²) in [6.07, 6.45) is 9.43. The number of sulfone groups is 1. The summed E-state index contributed by atoms with van der Waals surface area (Å²) >= 11 is 0. The molecule has 2 saturated carbocycles. The molecule has 0 bridgehead atoms. The van der Waals surface area contributed by atoms with E-state index in [1.54, 1.807) is 0 Å². The highest BCUT2D eigenvalue weighted by Gasteiger charge is 2.59. The average Bonchev–Trinajstić information content (AvgIpc) is 3.29. The predicted octanol–water partition coefficient (Wildman–Crippen LogP) is 2.84. The quantitative estimate of drug-likeness (QED) is 0.824. The summed E-state index contributed by atoms with van der Waals surface area (Å²) in [7, 11) is -3.54. The molecule has 3 rings (SSSR count). The fraction of sp³-hybridized carbons (Fsp3) is 0.722. The summed E-state index contributed by atoms with van der Waals surface area (Å²) < 4.78 is 40.9. The van der Waals surface area contributed by atoms with Crippen molar-refractivity contribution in [2.75, 3.05) is 5.75 Å². The first-order valence-electron chi connectivity index (χ1n) is 8.80. The van der Waals surface area contributed by atoms with E-state index in [2.05, 4.69) is 0 Å². The van der Waals surface area contributed by atoms with Gasteiger partial charge in [0.2, 0.25) is 5.91 Å².